The van der Waals surface area contributed by atoms with Crippen molar-refractivity contribution in [2.45, 2.75) is 12.7 Å². The van der Waals surface area contributed by atoms with Crippen LogP contribution in [0.25, 0.3) is 0 Å². The summed E-state index contributed by atoms with van der Waals surface area (Å²) in [7, 11) is 0. The molecule has 0 bridgehead atoms. The zero-order valence-electron chi connectivity index (χ0n) is 8.15. The van der Waals surface area contributed by atoms with Gasteiger partial charge in [-0.05, 0) is 0 Å². The maximum absolute atomic E-state index is 11.5. The molecule has 2 rings (SSSR count). The van der Waals surface area contributed by atoms with Crippen LogP contribution in [0.2, 0.25) is 0 Å². The van der Waals surface area contributed by atoms with Crippen molar-refractivity contribution in [3.63, 3.8) is 0 Å². The quantitative estimate of drug-likeness (QED) is 0.614. The lowest BCUT2D eigenvalue weighted by Crippen LogP contribution is -2.34. The van der Waals surface area contributed by atoms with Crippen LogP contribution >= 0.6 is 0 Å². The average molecular weight is 197 g/mol. The Bertz CT molecular complexity index is 236. The second-order valence-electron chi connectivity index (χ2n) is 3.67. The van der Waals surface area contributed by atoms with E-state index < -0.39 is 0 Å². The number of amides is 1. The van der Waals surface area contributed by atoms with Gasteiger partial charge in [-0.1, -0.05) is 6.08 Å². The van der Waals surface area contributed by atoms with Gasteiger partial charge in [-0.25, -0.2) is 0 Å². The topological polar surface area (TPSA) is 38.8 Å². The fraction of sp³-hybridized carbons (Fsp3) is 0.700. The van der Waals surface area contributed by atoms with E-state index in [0.717, 1.165) is 6.54 Å². The van der Waals surface area contributed by atoms with Crippen LogP contribution in [0.5, 0.6) is 0 Å². The minimum atomic E-state index is -0.220. The van der Waals surface area contributed by atoms with Crippen LogP contribution < -0.4 is 0 Å². The summed E-state index contributed by atoms with van der Waals surface area (Å²) in [6.45, 7) is 6.29. The molecule has 14 heavy (non-hydrogen) atoms. The molecule has 4 heteroatoms. The van der Waals surface area contributed by atoms with E-state index in [4.69, 9.17) is 9.47 Å². The predicted octanol–water partition coefficient (Wildman–Crippen LogP) is 0.394. The summed E-state index contributed by atoms with van der Waals surface area (Å²) in [6, 6.07) is 0. The van der Waals surface area contributed by atoms with Gasteiger partial charge in [0.05, 0.1) is 19.8 Å². The third kappa shape index (κ3) is 1.96. The van der Waals surface area contributed by atoms with Gasteiger partial charge in [0.1, 0.15) is 0 Å². The maximum atomic E-state index is 11.5. The van der Waals surface area contributed by atoms with Crippen molar-refractivity contribution in [3.8, 4) is 0 Å². The van der Waals surface area contributed by atoms with Crippen molar-refractivity contribution < 1.29 is 14.3 Å². The van der Waals surface area contributed by atoms with Crippen LogP contribution in [0.15, 0.2) is 12.7 Å². The highest BCUT2D eigenvalue weighted by Gasteiger charge is 2.30. The van der Waals surface area contributed by atoms with Gasteiger partial charge in [-0.2, -0.15) is 0 Å². The Kier molecular flexibility index (Phi) is 2.84. The van der Waals surface area contributed by atoms with E-state index in [1.807, 2.05) is 6.08 Å². The summed E-state index contributed by atoms with van der Waals surface area (Å²) in [5.74, 6) is 0.470. The molecule has 2 fully saturated rings. The van der Waals surface area contributed by atoms with E-state index in [0.29, 0.717) is 32.1 Å². The third-order valence-electron chi connectivity index (χ3n) is 2.64. The SMILES string of the molecule is C=CC1CC(=O)N(CC2OCCO2)C1. The fourth-order valence-electron chi connectivity index (χ4n) is 1.83. The van der Waals surface area contributed by atoms with Gasteiger partial charge in [0, 0.05) is 18.9 Å². The molecule has 0 aromatic heterocycles. The molecule has 0 aromatic rings. The van der Waals surface area contributed by atoms with Crippen LogP contribution in [0, 0.1) is 5.92 Å². The van der Waals surface area contributed by atoms with Crippen LogP contribution in [-0.2, 0) is 14.3 Å². The lowest BCUT2D eigenvalue weighted by Gasteiger charge is -2.19. The third-order valence-corrected chi connectivity index (χ3v) is 2.64. The largest absolute Gasteiger partial charge is 0.348 e. The Morgan fingerprint density at radius 1 is 1.50 bits per heavy atom. The number of ether oxygens (including phenoxy) is 2. The smallest absolute Gasteiger partial charge is 0.223 e. The molecule has 0 spiro atoms. The molecule has 2 aliphatic rings. The van der Waals surface area contributed by atoms with Crippen LogP contribution in [-0.4, -0.2) is 43.4 Å². The highest BCUT2D eigenvalue weighted by atomic mass is 16.7. The summed E-state index contributed by atoms with van der Waals surface area (Å²) < 4.78 is 10.6. The maximum Gasteiger partial charge on any atom is 0.223 e. The number of carbonyl (C=O) groups excluding carboxylic acids is 1. The van der Waals surface area contributed by atoms with E-state index in [2.05, 4.69) is 6.58 Å². The van der Waals surface area contributed by atoms with Gasteiger partial charge in [-0.15, -0.1) is 6.58 Å². The van der Waals surface area contributed by atoms with Gasteiger partial charge in [0.2, 0.25) is 5.91 Å². The molecular weight excluding hydrogens is 182 g/mol. The second-order valence-corrected chi connectivity index (χ2v) is 3.67. The first-order valence-corrected chi connectivity index (χ1v) is 4.93. The summed E-state index contributed by atoms with van der Waals surface area (Å²) >= 11 is 0. The summed E-state index contributed by atoms with van der Waals surface area (Å²) in [4.78, 5) is 13.3. The van der Waals surface area contributed by atoms with Crippen LogP contribution in [0.4, 0.5) is 0 Å². The Morgan fingerprint density at radius 2 is 2.21 bits per heavy atom. The molecule has 0 saturated carbocycles. The standard InChI is InChI=1S/C10H15NO3/c1-2-8-5-9(12)11(6-8)7-10-13-3-4-14-10/h2,8,10H,1,3-7H2. The zero-order chi connectivity index (χ0) is 9.97. The van der Waals surface area contributed by atoms with Crippen molar-refractivity contribution >= 4 is 5.91 Å². The van der Waals surface area contributed by atoms with Gasteiger partial charge in [0.15, 0.2) is 6.29 Å². The first-order valence-electron chi connectivity index (χ1n) is 4.93. The zero-order valence-corrected chi connectivity index (χ0v) is 8.15. The van der Waals surface area contributed by atoms with Crippen molar-refractivity contribution in [3.05, 3.63) is 12.7 Å². The molecule has 0 aromatic carbocycles. The minimum absolute atomic E-state index is 0.175. The summed E-state index contributed by atoms with van der Waals surface area (Å²) in [6.07, 6.45) is 2.20. The van der Waals surface area contributed by atoms with Gasteiger partial charge in [0.25, 0.3) is 0 Å². The molecule has 78 valence electrons. The van der Waals surface area contributed by atoms with Crippen molar-refractivity contribution in [1.29, 1.82) is 0 Å². The van der Waals surface area contributed by atoms with E-state index >= 15 is 0 Å². The van der Waals surface area contributed by atoms with Crippen molar-refractivity contribution in [1.82, 2.24) is 4.90 Å². The molecule has 1 unspecified atom stereocenters. The molecule has 2 heterocycles. The van der Waals surface area contributed by atoms with Crippen LogP contribution in [0.1, 0.15) is 6.42 Å². The molecule has 1 amide bonds. The summed E-state index contributed by atoms with van der Waals surface area (Å²) in [5.41, 5.74) is 0. The van der Waals surface area contributed by atoms with E-state index in [1.165, 1.54) is 0 Å². The fourth-order valence-corrected chi connectivity index (χ4v) is 1.83. The Morgan fingerprint density at radius 3 is 2.79 bits per heavy atom. The van der Waals surface area contributed by atoms with E-state index in [1.54, 1.807) is 4.90 Å². The monoisotopic (exact) mass is 197 g/mol. The van der Waals surface area contributed by atoms with E-state index in [9.17, 15) is 4.79 Å². The van der Waals surface area contributed by atoms with Gasteiger partial charge >= 0.3 is 0 Å². The molecule has 2 aliphatic heterocycles. The van der Waals surface area contributed by atoms with E-state index in [-0.39, 0.29) is 12.2 Å². The highest BCUT2D eigenvalue weighted by molar-refractivity contribution is 5.79. The lowest BCUT2D eigenvalue weighted by molar-refractivity contribution is -0.133. The lowest BCUT2D eigenvalue weighted by atomic mass is 10.1. The Hall–Kier alpha value is -0.870. The number of carbonyl (C=O) groups is 1. The molecular formula is C10H15NO3. The van der Waals surface area contributed by atoms with Crippen LogP contribution in [0.3, 0.4) is 0 Å². The average Bonchev–Trinajstić information content (AvgIpc) is 2.78. The molecule has 0 radical (unpaired) electrons. The predicted molar refractivity (Wildman–Crippen MR) is 50.6 cm³/mol. The van der Waals surface area contributed by atoms with Gasteiger partial charge < -0.3 is 14.4 Å². The second kappa shape index (κ2) is 4.11. The Balaban J connectivity index is 1.85. The first-order chi connectivity index (χ1) is 6.79. The summed E-state index contributed by atoms with van der Waals surface area (Å²) in [5, 5.41) is 0. The number of likely N-dealkylation sites (tertiary alicyclic amines) is 1. The molecule has 0 aliphatic carbocycles. The number of hydrogen-bond acceptors (Lipinski definition) is 3. The van der Waals surface area contributed by atoms with Crippen molar-refractivity contribution in [2.75, 3.05) is 26.3 Å². The first kappa shape index (κ1) is 9.68. The minimum Gasteiger partial charge on any atom is -0.348 e. The number of nitrogens with zero attached hydrogens (tertiary/aromatic N) is 1. The molecule has 0 N–H and O–H groups in total. The van der Waals surface area contributed by atoms with Gasteiger partial charge in [-0.3, -0.25) is 4.79 Å². The number of hydrogen-bond donors (Lipinski definition) is 0. The normalized spacial score (nSPS) is 28.7. The Labute approximate surface area is 83.5 Å². The van der Waals surface area contributed by atoms with Crippen molar-refractivity contribution in [2.24, 2.45) is 5.92 Å². The molecule has 4 nitrogen and oxygen atoms in total. The highest BCUT2D eigenvalue weighted by Crippen LogP contribution is 2.19. The number of rotatable bonds is 3. The molecule has 2 saturated heterocycles. The molecule has 1 atom stereocenters.